The highest BCUT2D eigenvalue weighted by Gasteiger charge is 2.03. The van der Waals surface area contributed by atoms with Gasteiger partial charge in [0.2, 0.25) is 11.9 Å². The SMILES string of the molecule is C=C(C)C(=O)OCCc1ccc(N=C(N)N=C(N)Nc2ccc(Cl)cc2)cc1. The minimum Gasteiger partial charge on any atom is -0.462 e. The van der Waals surface area contributed by atoms with Crippen molar-refractivity contribution in [2.75, 3.05) is 11.9 Å². The van der Waals surface area contributed by atoms with Gasteiger partial charge in [-0.3, -0.25) is 0 Å². The Morgan fingerprint density at radius 1 is 1.14 bits per heavy atom. The van der Waals surface area contributed by atoms with Gasteiger partial charge in [0.05, 0.1) is 12.3 Å². The van der Waals surface area contributed by atoms with Crippen molar-refractivity contribution in [3.8, 4) is 0 Å². The Bertz CT molecular complexity index is 890. The smallest absolute Gasteiger partial charge is 0.333 e. The van der Waals surface area contributed by atoms with Gasteiger partial charge in [-0.05, 0) is 48.9 Å². The van der Waals surface area contributed by atoms with Crippen LogP contribution in [0.1, 0.15) is 12.5 Å². The molecule has 0 fully saturated rings. The molecule has 0 unspecified atom stereocenters. The number of hydrogen-bond acceptors (Lipinski definition) is 3. The average Bonchev–Trinajstić information content (AvgIpc) is 2.64. The number of carbonyl (C=O) groups excluding carboxylic acids is 1. The van der Waals surface area contributed by atoms with E-state index in [4.69, 9.17) is 27.8 Å². The molecule has 2 rings (SSSR count). The topological polar surface area (TPSA) is 115 Å². The van der Waals surface area contributed by atoms with Crippen LogP contribution in [0.4, 0.5) is 11.4 Å². The number of nitrogens with two attached hydrogens (primary N) is 2. The predicted octanol–water partition coefficient (Wildman–Crippen LogP) is 3.37. The highest BCUT2D eigenvalue weighted by atomic mass is 35.5. The highest BCUT2D eigenvalue weighted by Crippen LogP contribution is 2.15. The first-order valence-electron chi connectivity index (χ1n) is 8.46. The molecule has 0 amide bonds. The molecule has 0 aliphatic heterocycles. The summed E-state index contributed by atoms with van der Waals surface area (Å²) in [6.45, 7) is 5.43. The minimum absolute atomic E-state index is 0.0158. The van der Waals surface area contributed by atoms with Crippen molar-refractivity contribution in [2.45, 2.75) is 13.3 Å². The number of anilines is 1. The lowest BCUT2D eigenvalue weighted by molar-refractivity contribution is -0.138. The molecule has 0 radical (unpaired) electrons. The van der Waals surface area contributed by atoms with Crippen LogP contribution >= 0.6 is 11.6 Å². The van der Waals surface area contributed by atoms with E-state index in [2.05, 4.69) is 21.9 Å². The molecule has 0 saturated heterocycles. The fraction of sp³-hybridized carbons (Fsp3) is 0.150. The zero-order chi connectivity index (χ0) is 20.5. The van der Waals surface area contributed by atoms with Gasteiger partial charge in [-0.1, -0.05) is 30.3 Å². The molecule has 8 heteroatoms. The van der Waals surface area contributed by atoms with Crippen molar-refractivity contribution < 1.29 is 9.53 Å². The van der Waals surface area contributed by atoms with Gasteiger partial charge in [0.1, 0.15) is 0 Å². The van der Waals surface area contributed by atoms with Gasteiger partial charge in [0.25, 0.3) is 0 Å². The lowest BCUT2D eigenvalue weighted by Crippen LogP contribution is -2.25. The molecular weight excluding hydrogens is 378 g/mol. The van der Waals surface area contributed by atoms with Crippen LogP contribution in [0.3, 0.4) is 0 Å². The molecular formula is C20H22ClN5O2. The summed E-state index contributed by atoms with van der Waals surface area (Å²) < 4.78 is 5.07. The number of nitrogens with one attached hydrogen (secondary N) is 1. The summed E-state index contributed by atoms with van der Waals surface area (Å²) in [7, 11) is 0. The molecule has 0 atom stereocenters. The summed E-state index contributed by atoms with van der Waals surface area (Å²) in [4.78, 5) is 19.5. The van der Waals surface area contributed by atoms with Crippen LogP contribution in [-0.2, 0) is 16.0 Å². The summed E-state index contributed by atoms with van der Waals surface area (Å²) in [6, 6.07) is 14.3. The second kappa shape index (κ2) is 10.1. The summed E-state index contributed by atoms with van der Waals surface area (Å²) in [6.07, 6.45) is 0.592. The Morgan fingerprint density at radius 3 is 2.39 bits per heavy atom. The third-order valence-electron chi connectivity index (χ3n) is 3.50. The van der Waals surface area contributed by atoms with Crippen LogP contribution in [0.15, 0.2) is 70.7 Å². The van der Waals surface area contributed by atoms with Crippen molar-refractivity contribution in [1.29, 1.82) is 0 Å². The molecule has 0 aliphatic carbocycles. The maximum atomic E-state index is 11.3. The number of halogens is 1. The van der Waals surface area contributed by atoms with Crippen LogP contribution in [0.5, 0.6) is 0 Å². The van der Waals surface area contributed by atoms with Gasteiger partial charge in [0.15, 0.2) is 0 Å². The molecule has 0 heterocycles. The minimum atomic E-state index is -0.392. The summed E-state index contributed by atoms with van der Waals surface area (Å²) in [5.74, 6) is -0.265. The van der Waals surface area contributed by atoms with Crippen molar-refractivity contribution in [2.24, 2.45) is 21.5 Å². The van der Waals surface area contributed by atoms with E-state index in [1.807, 2.05) is 12.1 Å². The van der Waals surface area contributed by atoms with Crippen molar-refractivity contribution in [1.82, 2.24) is 0 Å². The first-order chi connectivity index (χ1) is 13.3. The van der Waals surface area contributed by atoms with E-state index < -0.39 is 5.97 Å². The monoisotopic (exact) mass is 399 g/mol. The summed E-state index contributed by atoms with van der Waals surface area (Å²) >= 11 is 5.83. The third-order valence-corrected chi connectivity index (χ3v) is 3.76. The highest BCUT2D eigenvalue weighted by molar-refractivity contribution is 6.30. The van der Waals surface area contributed by atoms with E-state index in [-0.39, 0.29) is 18.5 Å². The molecule has 2 aromatic carbocycles. The Morgan fingerprint density at radius 2 is 1.79 bits per heavy atom. The first kappa shape index (κ1) is 21.0. The number of esters is 1. The Hall–Kier alpha value is -3.32. The van der Waals surface area contributed by atoms with Gasteiger partial charge >= 0.3 is 5.97 Å². The molecule has 0 spiro atoms. The number of ether oxygens (including phenoxy) is 1. The van der Waals surface area contributed by atoms with Gasteiger partial charge in [-0.15, -0.1) is 0 Å². The lowest BCUT2D eigenvalue weighted by Gasteiger charge is -2.06. The maximum absolute atomic E-state index is 11.3. The quantitative estimate of drug-likeness (QED) is 0.298. The van der Waals surface area contributed by atoms with Crippen LogP contribution in [0, 0.1) is 0 Å². The fourth-order valence-electron chi connectivity index (χ4n) is 2.11. The number of benzene rings is 2. The molecule has 5 N–H and O–H groups in total. The molecule has 0 bridgehead atoms. The van der Waals surface area contributed by atoms with Crippen LogP contribution < -0.4 is 16.8 Å². The van der Waals surface area contributed by atoms with Crippen LogP contribution in [-0.4, -0.2) is 24.5 Å². The third kappa shape index (κ3) is 7.13. The van der Waals surface area contributed by atoms with E-state index in [9.17, 15) is 4.79 Å². The number of carbonyl (C=O) groups is 1. The molecule has 0 aromatic heterocycles. The van der Waals surface area contributed by atoms with E-state index in [0.29, 0.717) is 22.7 Å². The van der Waals surface area contributed by atoms with Gasteiger partial charge in [-0.25, -0.2) is 9.79 Å². The summed E-state index contributed by atoms with van der Waals surface area (Å²) in [5, 5.41) is 3.52. The zero-order valence-corrected chi connectivity index (χ0v) is 16.2. The van der Waals surface area contributed by atoms with Gasteiger partial charge < -0.3 is 21.5 Å². The van der Waals surface area contributed by atoms with Crippen molar-refractivity contribution >= 4 is 40.9 Å². The largest absolute Gasteiger partial charge is 0.462 e. The van der Waals surface area contributed by atoms with E-state index in [1.165, 1.54) is 0 Å². The first-order valence-corrected chi connectivity index (χ1v) is 8.84. The second-order valence-electron chi connectivity index (χ2n) is 5.93. The molecule has 0 aliphatic rings. The standard InChI is InChI=1S/C20H22ClN5O2/c1-13(2)18(27)28-12-11-14-3-7-16(8-4-14)24-19(22)26-20(23)25-17-9-5-15(21)6-10-17/h3-10H,1,11-12H2,2H3,(H5,22,23,24,25,26). The average molecular weight is 400 g/mol. The number of hydrogen-bond donors (Lipinski definition) is 3. The predicted molar refractivity (Wildman–Crippen MR) is 114 cm³/mol. The molecule has 28 heavy (non-hydrogen) atoms. The number of rotatable bonds is 6. The van der Waals surface area contributed by atoms with E-state index in [0.717, 1.165) is 11.3 Å². The summed E-state index contributed by atoms with van der Waals surface area (Å²) in [5.41, 5.74) is 14.4. The Labute approximate surface area is 168 Å². The number of guanidine groups is 2. The molecule has 0 saturated carbocycles. The van der Waals surface area contributed by atoms with Gasteiger partial charge in [-0.2, -0.15) is 4.99 Å². The van der Waals surface area contributed by atoms with Crippen LogP contribution in [0.25, 0.3) is 0 Å². The normalized spacial score (nSPS) is 11.8. The molecule has 146 valence electrons. The van der Waals surface area contributed by atoms with Crippen molar-refractivity contribution in [3.05, 3.63) is 71.3 Å². The van der Waals surface area contributed by atoms with E-state index in [1.54, 1.807) is 43.3 Å². The fourth-order valence-corrected chi connectivity index (χ4v) is 2.24. The van der Waals surface area contributed by atoms with Crippen LogP contribution in [0.2, 0.25) is 5.02 Å². The maximum Gasteiger partial charge on any atom is 0.333 e. The van der Waals surface area contributed by atoms with E-state index >= 15 is 0 Å². The number of nitrogens with zero attached hydrogens (tertiary/aromatic N) is 2. The Balaban J connectivity index is 1.91. The second-order valence-corrected chi connectivity index (χ2v) is 6.37. The number of aliphatic imine (C=N–C) groups is 2. The van der Waals surface area contributed by atoms with Crippen molar-refractivity contribution in [3.63, 3.8) is 0 Å². The molecule has 2 aromatic rings. The molecule has 7 nitrogen and oxygen atoms in total. The lowest BCUT2D eigenvalue weighted by atomic mass is 10.1. The van der Waals surface area contributed by atoms with Gasteiger partial charge in [0, 0.05) is 22.7 Å². The Kier molecular flexibility index (Phi) is 7.59. The zero-order valence-electron chi connectivity index (χ0n) is 15.5.